The van der Waals surface area contributed by atoms with Crippen molar-refractivity contribution in [1.29, 1.82) is 0 Å². The number of thioether (sulfide) groups is 1. The maximum absolute atomic E-state index is 12.1. The molecule has 1 aliphatic rings. The van der Waals surface area contributed by atoms with Crippen molar-refractivity contribution < 1.29 is 4.79 Å². The first kappa shape index (κ1) is 15.7. The van der Waals surface area contributed by atoms with E-state index in [1.165, 1.54) is 5.56 Å². The Hall–Kier alpha value is -0.710. The molecule has 1 amide bonds. The minimum Gasteiger partial charge on any atom is -0.339 e. The standard InChI is InChI=1S/C15H21ClN2OS/c1-2-17-6-8-18(9-7-17)15(19)12-20-11-13-4-3-5-14(16)10-13/h3-5,10H,2,6-9,11-12H2,1H3. The molecular formula is C15H21ClN2OS. The summed E-state index contributed by atoms with van der Waals surface area (Å²) in [6.07, 6.45) is 0. The molecule has 1 saturated heterocycles. The summed E-state index contributed by atoms with van der Waals surface area (Å²) >= 11 is 7.61. The summed E-state index contributed by atoms with van der Waals surface area (Å²) in [7, 11) is 0. The van der Waals surface area contributed by atoms with Crippen molar-refractivity contribution in [3.05, 3.63) is 34.9 Å². The van der Waals surface area contributed by atoms with E-state index in [0.29, 0.717) is 5.75 Å². The summed E-state index contributed by atoms with van der Waals surface area (Å²) in [4.78, 5) is 16.5. The van der Waals surface area contributed by atoms with Crippen LogP contribution < -0.4 is 0 Å². The summed E-state index contributed by atoms with van der Waals surface area (Å²) in [5, 5.41) is 0.755. The Labute approximate surface area is 130 Å². The molecule has 0 N–H and O–H groups in total. The molecule has 5 heteroatoms. The van der Waals surface area contributed by atoms with E-state index in [4.69, 9.17) is 11.6 Å². The Bertz CT molecular complexity index is 447. The predicted octanol–water partition coefficient (Wildman–Crippen LogP) is 2.74. The van der Waals surface area contributed by atoms with Crippen LogP contribution in [0.5, 0.6) is 0 Å². The number of rotatable bonds is 5. The van der Waals surface area contributed by atoms with E-state index in [0.717, 1.165) is 43.5 Å². The molecule has 0 spiro atoms. The van der Waals surface area contributed by atoms with Crippen LogP contribution in [-0.2, 0) is 10.5 Å². The second-order valence-electron chi connectivity index (χ2n) is 4.94. The summed E-state index contributed by atoms with van der Waals surface area (Å²) in [5.74, 6) is 1.65. The van der Waals surface area contributed by atoms with Crippen LogP contribution in [-0.4, -0.2) is 54.2 Å². The fraction of sp³-hybridized carbons (Fsp3) is 0.533. The lowest BCUT2D eigenvalue weighted by atomic mass is 10.2. The van der Waals surface area contributed by atoms with Crippen molar-refractivity contribution in [2.45, 2.75) is 12.7 Å². The normalized spacial score (nSPS) is 16.4. The largest absolute Gasteiger partial charge is 0.339 e. The number of hydrogen-bond acceptors (Lipinski definition) is 3. The molecule has 0 aliphatic carbocycles. The van der Waals surface area contributed by atoms with Crippen LogP contribution in [0.4, 0.5) is 0 Å². The highest BCUT2D eigenvalue weighted by Crippen LogP contribution is 2.17. The molecule has 0 aromatic heterocycles. The van der Waals surface area contributed by atoms with Gasteiger partial charge in [-0.2, -0.15) is 0 Å². The van der Waals surface area contributed by atoms with Gasteiger partial charge in [0.05, 0.1) is 5.75 Å². The number of likely N-dealkylation sites (N-methyl/N-ethyl adjacent to an activating group) is 1. The number of carbonyl (C=O) groups excluding carboxylic acids is 1. The number of nitrogens with zero attached hydrogens (tertiary/aromatic N) is 2. The molecule has 3 nitrogen and oxygen atoms in total. The first-order valence-electron chi connectivity index (χ1n) is 7.01. The topological polar surface area (TPSA) is 23.6 Å². The van der Waals surface area contributed by atoms with Gasteiger partial charge >= 0.3 is 0 Å². The maximum atomic E-state index is 12.1. The van der Waals surface area contributed by atoms with Crippen LogP contribution in [0.1, 0.15) is 12.5 Å². The molecule has 0 unspecified atom stereocenters. The smallest absolute Gasteiger partial charge is 0.232 e. The van der Waals surface area contributed by atoms with Gasteiger partial charge in [0.15, 0.2) is 0 Å². The first-order valence-corrected chi connectivity index (χ1v) is 8.54. The number of amides is 1. The number of hydrogen-bond donors (Lipinski definition) is 0. The molecule has 1 aliphatic heterocycles. The highest BCUT2D eigenvalue weighted by Gasteiger charge is 2.19. The Morgan fingerprint density at radius 3 is 2.70 bits per heavy atom. The van der Waals surface area contributed by atoms with Crippen molar-refractivity contribution in [2.75, 3.05) is 38.5 Å². The molecule has 20 heavy (non-hydrogen) atoms. The summed E-state index contributed by atoms with van der Waals surface area (Å²) < 4.78 is 0. The summed E-state index contributed by atoms with van der Waals surface area (Å²) in [5.41, 5.74) is 1.17. The van der Waals surface area contributed by atoms with E-state index >= 15 is 0 Å². The molecule has 1 fully saturated rings. The highest BCUT2D eigenvalue weighted by molar-refractivity contribution is 7.99. The molecule has 1 heterocycles. The van der Waals surface area contributed by atoms with Crippen molar-refractivity contribution in [3.63, 3.8) is 0 Å². The minimum absolute atomic E-state index is 0.257. The van der Waals surface area contributed by atoms with E-state index in [1.54, 1.807) is 11.8 Å². The molecular weight excluding hydrogens is 292 g/mol. The average Bonchev–Trinajstić information content (AvgIpc) is 2.47. The monoisotopic (exact) mass is 312 g/mol. The van der Waals surface area contributed by atoms with Crippen molar-refractivity contribution in [2.24, 2.45) is 0 Å². The van der Waals surface area contributed by atoms with Crippen LogP contribution in [0.3, 0.4) is 0 Å². The third-order valence-electron chi connectivity index (χ3n) is 3.56. The van der Waals surface area contributed by atoms with Crippen molar-refractivity contribution >= 4 is 29.3 Å². The molecule has 1 aromatic rings. The van der Waals surface area contributed by atoms with Gasteiger partial charge in [-0.25, -0.2) is 0 Å². The lowest BCUT2D eigenvalue weighted by Crippen LogP contribution is -2.49. The van der Waals surface area contributed by atoms with E-state index in [9.17, 15) is 4.79 Å². The van der Waals surface area contributed by atoms with Crippen molar-refractivity contribution in [3.8, 4) is 0 Å². The van der Waals surface area contributed by atoms with Crippen LogP contribution >= 0.6 is 23.4 Å². The van der Waals surface area contributed by atoms with Gasteiger partial charge in [0, 0.05) is 37.0 Å². The Balaban J connectivity index is 1.70. The van der Waals surface area contributed by atoms with Gasteiger partial charge in [0.1, 0.15) is 0 Å². The zero-order valence-corrected chi connectivity index (χ0v) is 13.4. The maximum Gasteiger partial charge on any atom is 0.232 e. The number of carbonyl (C=O) groups is 1. The quantitative estimate of drug-likeness (QED) is 0.835. The lowest BCUT2D eigenvalue weighted by Gasteiger charge is -2.34. The van der Waals surface area contributed by atoms with E-state index in [2.05, 4.69) is 11.8 Å². The van der Waals surface area contributed by atoms with Crippen LogP contribution in [0.2, 0.25) is 5.02 Å². The highest BCUT2D eigenvalue weighted by atomic mass is 35.5. The first-order chi connectivity index (χ1) is 9.69. The van der Waals surface area contributed by atoms with Gasteiger partial charge in [-0.3, -0.25) is 4.79 Å². The molecule has 0 atom stereocenters. The third-order valence-corrected chi connectivity index (χ3v) is 4.78. The van der Waals surface area contributed by atoms with Gasteiger partial charge in [-0.05, 0) is 24.2 Å². The summed E-state index contributed by atoms with van der Waals surface area (Å²) in [6.45, 7) is 6.97. The number of benzene rings is 1. The molecule has 2 rings (SSSR count). The van der Waals surface area contributed by atoms with Gasteiger partial charge in [0.25, 0.3) is 0 Å². The number of piperazine rings is 1. The number of halogens is 1. The Morgan fingerprint density at radius 2 is 2.05 bits per heavy atom. The second-order valence-corrected chi connectivity index (χ2v) is 6.36. The molecule has 1 aromatic carbocycles. The average molecular weight is 313 g/mol. The zero-order valence-electron chi connectivity index (χ0n) is 11.8. The summed E-state index contributed by atoms with van der Waals surface area (Å²) in [6, 6.07) is 7.82. The Morgan fingerprint density at radius 1 is 1.30 bits per heavy atom. The van der Waals surface area contributed by atoms with Crippen molar-refractivity contribution in [1.82, 2.24) is 9.80 Å². The van der Waals surface area contributed by atoms with Crippen LogP contribution in [0.15, 0.2) is 24.3 Å². The predicted molar refractivity (Wildman–Crippen MR) is 86.3 cm³/mol. The van der Waals surface area contributed by atoms with E-state index in [-0.39, 0.29) is 5.91 Å². The minimum atomic E-state index is 0.257. The van der Waals surface area contributed by atoms with Gasteiger partial charge in [0.2, 0.25) is 5.91 Å². The molecule has 0 bridgehead atoms. The Kier molecular flexibility index (Phi) is 6.20. The second kappa shape index (κ2) is 7.91. The van der Waals surface area contributed by atoms with E-state index in [1.807, 2.05) is 29.2 Å². The van der Waals surface area contributed by atoms with Gasteiger partial charge in [-0.15, -0.1) is 11.8 Å². The fourth-order valence-electron chi connectivity index (χ4n) is 2.29. The third kappa shape index (κ3) is 4.69. The fourth-order valence-corrected chi connectivity index (χ4v) is 3.38. The molecule has 0 radical (unpaired) electrons. The van der Waals surface area contributed by atoms with Crippen LogP contribution in [0.25, 0.3) is 0 Å². The van der Waals surface area contributed by atoms with Gasteiger partial charge in [-0.1, -0.05) is 30.7 Å². The molecule has 110 valence electrons. The van der Waals surface area contributed by atoms with Gasteiger partial charge < -0.3 is 9.80 Å². The zero-order chi connectivity index (χ0) is 14.4. The molecule has 0 saturated carbocycles. The van der Waals surface area contributed by atoms with Crippen LogP contribution in [0, 0.1) is 0 Å². The SMILES string of the molecule is CCN1CCN(C(=O)CSCc2cccc(Cl)c2)CC1. The lowest BCUT2D eigenvalue weighted by molar-refractivity contribution is -0.130. The van der Waals surface area contributed by atoms with E-state index < -0.39 is 0 Å².